The Hall–Kier alpha value is -1.91. The zero-order valence-corrected chi connectivity index (χ0v) is 16.7. The maximum atomic E-state index is 10.4. The van der Waals surface area contributed by atoms with Crippen LogP contribution in [0.15, 0.2) is 60.8 Å². The Labute approximate surface area is 164 Å². The van der Waals surface area contributed by atoms with E-state index in [0.29, 0.717) is 12.8 Å². The van der Waals surface area contributed by atoms with Crippen LogP contribution in [-0.2, 0) is 4.79 Å². The van der Waals surface area contributed by atoms with E-state index in [-0.39, 0.29) is 12.3 Å². The summed E-state index contributed by atoms with van der Waals surface area (Å²) in [6, 6.07) is 0. The minimum atomic E-state index is -0.767. The highest BCUT2D eigenvalue weighted by molar-refractivity contribution is 5.66. The Bertz CT molecular complexity index is 514. The van der Waals surface area contributed by atoms with Crippen molar-refractivity contribution in [3.8, 4) is 0 Å². The van der Waals surface area contributed by atoms with Gasteiger partial charge in [-0.1, -0.05) is 87.4 Å². The highest BCUT2D eigenvalue weighted by Crippen LogP contribution is 2.10. The fourth-order valence-electron chi connectivity index (χ4n) is 2.34. The monoisotopic (exact) mass is 376 g/mol. The molecule has 0 saturated carbocycles. The lowest BCUT2D eigenvalue weighted by atomic mass is 10.00. The van der Waals surface area contributed by atoms with Gasteiger partial charge in [-0.05, 0) is 31.6 Å². The number of unbranched alkanes of at least 4 members (excludes halogenated alkanes) is 2. The normalized spacial score (nSPS) is 16.3. The lowest BCUT2D eigenvalue weighted by molar-refractivity contribution is -0.137. The Balaban J connectivity index is 3.94. The Kier molecular flexibility index (Phi) is 16.3. The summed E-state index contributed by atoms with van der Waals surface area (Å²) < 4.78 is 0. The summed E-state index contributed by atoms with van der Waals surface area (Å²) in [5, 5.41) is 28.3. The molecule has 0 fully saturated rings. The number of carbonyl (C=O) groups is 1. The Morgan fingerprint density at radius 3 is 2.15 bits per heavy atom. The molecule has 0 aromatic carbocycles. The number of hydrogen-bond acceptors (Lipinski definition) is 3. The molecule has 3 N–H and O–H groups in total. The van der Waals surface area contributed by atoms with Crippen molar-refractivity contribution in [2.45, 2.75) is 71.0 Å². The highest BCUT2D eigenvalue weighted by atomic mass is 16.4. The molecule has 4 heteroatoms. The SMILES string of the molecule is CC/C=C\CC(C)C(O)/C=C/C=C\C=C/C=C/C(O)CCCCCC(=O)O. The summed E-state index contributed by atoms with van der Waals surface area (Å²) in [6.45, 7) is 4.12. The van der Waals surface area contributed by atoms with Crippen LogP contribution < -0.4 is 0 Å². The lowest BCUT2D eigenvalue weighted by Crippen LogP contribution is -2.13. The summed E-state index contributed by atoms with van der Waals surface area (Å²) in [7, 11) is 0. The minimum absolute atomic E-state index is 0.196. The average molecular weight is 377 g/mol. The van der Waals surface area contributed by atoms with Crippen molar-refractivity contribution >= 4 is 5.97 Å². The van der Waals surface area contributed by atoms with E-state index in [1.807, 2.05) is 37.3 Å². The van der Waals surface area contributed by atoms with Crippen LogP contribution in [0.3, 0.4) is 0 Å². The average Bonchev–Trinajstić information content (AvgIpc) is 2.63. The Morgan fingerprint density at radius 2 is 1.52 bits per heavy atom. The first-order chi connectivity index (χ1) is 13.0. The predicted molar refractivity (Wildman–Crippen MR) is 113 cm³/mol. The molecule has 0 aliphatic heterocycles. The predicted octanol–water partition coefficient (Wildman–Crippen LogP) is 4.96. The van der Waals surface area contributed by atoms with Crippen molar-refractivity contribution in [3.05, 3.63) is 60.8 Å². The number of hydrogen-bond donors (Lipinski definition) is 3. The first-order valence-electron chi connectivity index (χ1n) is 9.88. The first-order valence-corrected chi connectivity index (χ1v) is 9.88. The van der Waals surface area contributed by atoms with Crippen molar-refractivity contribution in [3.63, 3.8) is 0 Å². The number of carboxylic acids is 1. The summed E-state index contributed by atoms with van der Waals surface area (Å²) in [6.07, 6.45) is 22.9. The molecule has 0 bridgehead atoms. The zero-order valence-electron chi connectivity index (χ0n) is 16.7. The lowest BCUT2D eigenvalue weighted by Gasteiger charge is -2.12. The van der Waals surface area contributed by atoms with E-state index in [9.17, 15) is 15.0 Å². The van der Waals surface area contributed by atoms with E-state index in [1.54, 1.807) is 18.2 Å². The van der Waals surface area contributed by atoms with Gasteiger partial charge in [0.2, 0.25) is 0 Å². The number of aliphatic hydroxyl groups excluding tert-OH is 2. The maximum Gasteiger partial charge on any atom is 0.303 e. The second-order valence-electron chi connectivity index (χ2n) is 6.68. The van der Waals surface area contributed by atoms with Gasteiger partial charge >= 0.3 is 5.97 Å². The largest absolute Gasteiger partial charge is 0.481 e. The molecule has 0 aromatic heterocycles. The van der Waals surface area contributed by atoms with Crippen molar-refractivity contribution in [1.29, 1.82) is 0 Å². The van der Waals surface area contributed by atoms with Gasteiger partial charge < -0.3 is 15.3 Å². The molecule has 152 valence electrons. The quantitative estimate of drug-likeness (QED) is 0.214. The second-order valence-corrected chi connectivity index (χ2v) is 6.68. The third kappa shape index (κ3) is 17.3. The molecule has 0 saturated heterocycles. The van der Waals surface area contributed by atoms with E-state index < -0.39 is 18.2 Å². The molecule has 0 aliphatic carbocycles. The van der Waals surface area contributed by atoms with Gasteiger partial charge in [0, 0.05) is 6.42 Å². The van der Waals surface area contributed by atoms with E-state index >= 15 is 0 Å². The van der Waals surface area contributed by atoms with Gasteiger partial charge in [-0.2, -0.15) is 0 Å². The summed E-state index contributed by atoms with van der Waals surface area (Å²) in [4.78, 5) is 10.4. The van der Waals surface area contributed by atoms with Crippen molar-refractivity contribution in [2.75, 3.05) is 0 Å². The molecule has 0 heterocycles. The topological polar surface area (TPSA) is 77.8 Å². The van der Waals surface area contributed by atoms with Crippen LogP contribution in [0.1, 0.15) is 58.8 Å². The van der Waals surface area contributed by atoms with Gasteiger partial charge in [-0.25, -0.2) is 0 Å². The molecule has 3 unspecified atom stereocenters. The molecule has 0 aliphatic rings. The molecular weight excluding hydrogens is 340 g/mol. The molecule has 0 aromatic rings. The van der Waals surface area contributed by atoms with Crippen molar-refractivity contribution in [1.82, 2.24) is 0 Å². The molecule has 0 rings (SSSR count). The third-order valence-electron chi connectivity index (χ3n) is 4.08. The molecule has 0 amide bonds. The van der Waals surface area contributed by atoms with Gasteiger partial charge in [0.25, 0.3) is 0 Å². The number of carboxylic acid groups (broad SMARTS) is 1. The smallest absolute Gasteiger partial charge is 0.303 e. The van der Waals surface area contributed by atoms with E-state index in [2.05, 4.69) is 19.1 Å². The molecule has 4 nitrogen and oxygen atoms in total. The zero-order chi connectivity index (χ0) is 20.3. The molecule has 3 atom stereocenters. The van der Waals surface area contributed by atoms with Crippen molar-refractivity contribution < 1.29 is 20.1 Å². The van der Waals surface area contributed by atoms with Gasteiger partial charge in [-0.15, -0.1) is 0 Å². The summed E-state index contributed by atoms with van der Waals surface area (Å²) in [5.74, 6) is -0.571. The molecule has 0 spiro atoms. The summed E-state index contributed by atoms with van der Waals surface area (Å²) in [5.41, 5.74) is 0. The van der Waals surface area contributed by atoms with Crippen LogP contribution >= 0.6 is 0 Å². The van der Waals surface area contributed by atoms with Gasteiger partial charge in [0.15, 0.2) is 0 Å². The Morgan fingerprint density at radius 1 is 0.889 bits per heavy atom. The van der Waals surface area contributed by atoms with Crippen molar-refractivity contribution in [2.24, 2.45) is 5.92 Å². The molecular formula is C23H36O4. The maximum absolute atomic E-state index is 10.4. The fourth-order valence-corrected chi connectivity index (χ4v) is 2.34. The van der Waals surface area contributed by atoms with Crippen LogP contribution in [0.4, 0.5) is 0 Å². The van der Waals surface area contributed by atoms with Crippen LogP contribution in [0.2, 0.25) is 0 Å². The standard InChI is InChI=1S/C23H36O4/c1-3-4-10-15-20(2)22(25)18-13-8-6-5-7-11-16-21(24)17-12-9-14-19-23(26)27/h4-8,10-11,13,16,18,20-22,24-25H,3,9,12,14-15,17,19H2,1-2H3,(H,26,27)/b7-5-,8-6-,10-4-,16-11+,18-13+. The fraction of sp³-hybridized carbons (Fsp3) is 0.522. The number of aliphatic hydroxyl groups is 2. The van der Waals surface area contributed by atoms with E-state index in [1.165, 1.54) is 0 Å². The van der Waals surface area contributed by atoms with Gasteiger partial charge in [-0.3, -0.25) is 4.79 Å². The van der Waals surface area contributed by atoms with E-state index in [0.717, 1.165) is 25.7 Å². The molecule has 27 heavy (non-hydrogen) atoms. The van der Waals surface area contributed by atoms with Gasteiger partial charge in [0.05, 0.1) is 12.2 Å². The second kappa shape index (κ2) is 17.5. The van der Waals surface area contributed by atoms with E-state index in [4.69, 9.17) is 5.11 Å². The van der Waals surface area contributed by atoms with Crippen LogP contribution in [0, 0.1) is 5.92 Å². The van der Waals surface area contributed by atoms with Crippen LogP contribution in [0.25, 0.3) is 0 Å². The number of rotatable bonds is 15. The number of allylic oxidation sites excluding steroid dienone is 8. The highest BCUT2D eigenvalue weighted by Gasteiger charge is 2.08. The minimum Gasteiger partial charge on any atom is -0.481 e. The van der Waals surface area contributed by atoms with Gasteiger partial charge in [0.1, 0.15) is 0 Å². The molecule has 0 radical (unpaired) electrons. The van der Waals surface area contributed by atoms with Crippen LogP contribution in [0.5, 0.6) is 0 Å². The third-order valence-corrected chi connectivity index (χ3v) is 4.08. The number of aliphatic carboxylic acids is 1. The van der Waals surface area contributed by atoms with Crippen LogP contribution in [-0.4, -0.2) is 33.5 Å². The first kappa shape index (κ1) is 25.1. The summed E-state index contributed by atoms with van der Waals surface area (Å²) >= 11 is 0.